The monoisotopic (exact) mass is 292 g/mol. The van der Waals surface area contributed by atoms with Gasteiger partial charge in [0.05, 0.1) is 0 Å². The highest BCUT2D eigenvalue weighted by molar-refractivity contribution is 7.10. The van der Waals surface area contributed by atoms with Crippen molar-refractivity contribution >= 4 is 23.3 Å². The maximum Gasteiger partial charge on any atom is 0.246 e. The second kappa shape index (κ2) is 7.60. The summed E-state index contributed by atoms with van der Waals surface area (Å²) in [6.07, 6.45) is 8.32. The van der Waals surface area contributed by atoms with Crippen LogP contribution in [-0.4, -0.2) is 29.9 Å². The van der Waals surface area contributed by atoms with Gasteiger partial charge in [0.15, 0.2) is 0 Å². The molecule has 20 heavy (non-hydrogen) atoms. The molecule has 1 aromatic rings. The van der Waals surface area contributed by atoms with Gasteiger partial charge in [-0.25, -0.2) is 0 Å². The van der Waals surface area contributed by atoms with Gasteiger partial charge in [-0.1, -0.05) is 18.9 Å². The molecule has 0 saturated heterocycles. The molecule has 1 aliphatic carbocycles. The Morgan fingerprint density at radius 1 is 1.50 bits per heavy atom. The Bertz CT molecular complexity index is 441. The van der Waals surface area contributed by atoms with Crippen LogP contribution in [0.5, 0.6) is 0 Å². The second-order valence-corrected chi connectivity index (χ2v) is 6.30. The average Bonchev–Trinajstić information content (AvgIpc) is 3.00. The molecule has 0 spiro atoms. The van der Waals surface area contributed by atoms with E-state index in [0.29, 0.717) is 18.5 Å². The van der Waals surface area contributed by atoms with E-state index >= 15 is 0 Å². The largest absolute Gasteiger partial charge is 0.336 e. The Labute approximate surface area is 125 Å². The van der Waals surface area contributed by atoms with Crippen molar-refractivity contribution < 1.29 is 4.79 Å². The normalized spacial score (nSPS) is 23.1. The fourth-order valence-corrected chi connectivity index (χ4v) is 3.68. The van der Waals surface area contributed by atoms with Crippen molar-refractivity contribution in [2.24, 2.45) is 11.7 Å². The first-order chi connectivity index (χ1) is 9.76. The molecule has 1 amide bonds. The third kappa shape index (κ3) is 3.70. The van der Waals surface area contributed by atoms with Crippen LogP contribution in [0.15, 0.2) is 23.6 Å². The molecular weight excluding hydrogens is 268 g/mol. The molecule has 2 rings (SSSR count). The molecule has 4 heteroatoms. The van der Waals surface area contributed by atoms with Crippen LogP contribution in [-0.2, 0) is 4.79 Å². The predicted octanol–water partition coefficient (Wildman–Crippen LogP) is 3.13. The molecule has 3 nitrogen and oxygen atoms in total. The molecule has 1 fully saturated rings. The van der Waals surface area contributed by atoms with Crippen molar-refractivity contribution in [3.05, 3.63) is 28.5 Å². The number of nitrogens with zero attached hydrogens (tertiary/aromatic N) is 1. The van der Waals surface area contributed by atoms with Crippen LogP contribution in [0.1, 0.15) is 37.5 Å². The number of carbonyl (C=O) groups is 1. The molecule has 0 aromatic carbocycles. The summed E-state index contributed by atoms with van der Waals surface area (Å²) < 4.78 is 0. The van der Waals surface area contributed by atoms with Gasteiger partial charge in [-0.2, -0.15) is 0 Å². The summed E-state index contributed by atoms with van der Waals surface area (Å²) in [6, 6.07) is 4.34. The maximum atomic E-state index is 12.4. The highest BCUT2D eigenvalue weighted by atomic mass is 32.1. The van der Waals surface area contributed by atoms with Crippen molar-refractivity contribution in [2.45, 2.75) is 38.6 Å². The molecule has 110 valence electrons. The Kier molecular flexibility index (Phi) is 5.80. The number of carbonyl (C=O) groups excluding carboxylic acids is 1. The van der Waals surface area contributed by atoms with E-state index < -0.39 is 0 Å². The van der Waals surface area contributed by atoms with Crippen LogP contribution in [0.3, 0.4) is 0 Å². The topological polar surface area (TPSA) is 46.3 Å². The quantitative estimate of drug-likeness (QED) is 0.848. The van der Waals surface area contributed by atoms with Gasteiger partial charge in [0.2, 0.25) is 5.91 Å². The average molecular weight is 292 g/mol. The van der Waals surface area contributed by atoms with Crippen molar-refractivity contribution in [3.63, 3.8) is 0 Å². The molecule has 2 atom stereocenters. The third-order valence-corrected chi connectivity index (χ3v) is 4.97. The van der Waals surface area contributed by atoms with Crippen LogP contribution in [0, 0.1) is 5.92 Å². The van der Waals surface area contributed by atoms with Gasteiger partial charge in [-0.05, 0) is 49.8 Å². The minimum Gasteiger partial charge on any atom is -0.336 e. The standard InChI is InChI=1S/C16H24N2OS/c1-2-18(15-8-4-3-6-13(15)12-17)16(19)10-9-14-7-5-11-20-14/h5,7,9-11,13,15H,2-4,6,8,12,17H2,1H3. The summed E-state index contributed by atoms with van der Waals surface area (Å²) in [6.45, 7) is 3.50. The van der Waals surface area contributed by atoms with E-state index in [1.54, 1.807) is 17.4 Å². The number of hydrogen-bond acceptors (Lipinski definition) is 3. The molecule has 0 bridgehead atoms. The van der Waals surface area contributed by atoms with Crippen LogP contribution in [0.2, 0.25) is 0 Å². The zero-order valence-electron chi connectivity index (χ0n) is 12.1. The van der Waals surface area contributed by atoms with E-state index in [1.165, 1.54) is 12.8 Å². The second-order valence-electron chi connectivity index (χ2n) is 5.32. The van der Waals surface area contributed by atoms with Gasteiger partial charge in [-0.15, -0.1) is 11.3 Å². The Hall–Kier alpha value is -1.13. The lowest BCUT2D eigenvalue weighted by Crippen LogP contribution is -2.47. The van der Waals surface area contributed by atoms with Crippen molar-refractivity contribution in [1.82, 2.24) is 4.90 Å². The number of nitrogens with two attached hydrogens (primary N) is 1. The Morgan fingerprint density at radius 3 is 2.95 bits per heavy atom. The van der Waals surface area contributed by atoms with E-state index in [1.807, 2.05) is 28.5 Å². The predicted molar refractivity (Wildman–Crippen MR) is 85.5 cm³/mol. The minimum atomic E-state index is 0.117. The van der Waals surface area contributed by atoms with Crippen molar-refractivity contribution in [2.75, 3.05) is 13.1 Å². The summed E-state index contributed by atoms with van der Waals surface area (Å²) in [5, 5.41) is 2.02. The van der Waals surface area contributed by atoms with Gasteiger partial charge in [0.1, 0.15) is 0 Å². The highest BCUT2D eigenvalue weighted by Gasteiger charge is 2.30. The fraction of sp³-hybridized carbons (Fsp3) is 0.562. The van der Waals surface area contributed by atoms with Gasteiger partial charge in [0.25, 0.3) is 0 Å². The minimum absolute atomic E-state index is 0.117. The first kappa shape index (κ1) is 15.3. The first-order valence-electron chi connectivity index (χ1n) is 7.48. The van der Waals surface area contributed by atoms with E-state index in [0.717, 1.165) is 24.3 Å². The Morgan fingerprint density at radius 2 is 2.30 bits per heavy atom. The van der Waals surface area contributed by atoms with Gasteiger partial charge < -0.3 is 10.6 Å². The maximum absolute atomic E-state index is 12.4. The summed E-state index contributed by atoms with van der Waals surface area (Å²) in [7, 11) is 0. The fourth-order valence-electron chi connectivity index (χ4n) is 3.06. The molecule has 1 saturated carbocycles. The first-order valence-corrected chi connectivity index (χ1v) is 8.36. The number of thiophene rings is 1. The molecule has 0 radical (unpaired) electrons. The molecule has 1 aliphatic rings. The summed E-state index contributed by atoms with van der Waals surface area (Å²) in [5.41, 5.74) is 5.88. The number of rotatable bonds is 5. The zero-order valence-corrected chi connectivity index (χ0v) is 12.9. The van der Waals surface area contributed by atoms with Crippen LogP contribution < -0.4 is 5.73 Å². The van der Waals surface area contributed by atoms with E-state index in [4.69, 9.17) is 5.73 Å². The summed E-state index contributed by atoms with van der Waals surface area (Å²) in [4.78, 5) is 15.6. The van der Waals surface area contributed by atoms with Crippen molar-refractivity contribution in [3.8, 4) is 0 Å². The number of hydrogen-bond donors (Lipinski definition) is 1. The third-order valence-electron chi connectivity index (χ3n) is 4.13. The lowest BCUT2D eigenvalue weighted by molar-refractivity contribution is -0.129. The van der Waals surface area contributed by atoms with Crippen LogP contribution >= 0.6 is 11.3 Å². The lowest BCUT2D eigenvalue weighted by Gasteiger charge is -2.38. The summed E-state index contributed by atoms with van der Waals surface area (Å²) in [5.74, 6) is 0.578. The molecular formula is C16H24N2OS. The van der Waals surface area contributed by atoms with Gasteiger partial charge in [-0.3, -0.25) is 4.79 Å². The van der Waals surface area contributed by atoms with E-state index in [-0.39, 0.29) is 5.91 Å². The number of likely N-dealkylation sites (N-methyl/N-ethyl adjacent to an activating group) is 1. The van der Waals surface area contributed by atoms with E-state index in [2.05, 4.69) is 6.92 Å². The smallest absolute Gasteiger partial charge is 0.246 e. The van der Waals surface area contributed by atoms with Crippen LogP contribution in [0.4, 0.5) is 0 Å². The zero-order chi connectivity index (χ0) is 14.4. The highest BCUT2D eigenvalue weighted by Crippen LogP contribution is 2.28. The molecule has 1 aromatic heterocycles. The van der Waals surface area contributed by atoms with Crippen molar-refractivity contribution in [1.29, 1.82) is 0 Å². The lowest BCUT2D eigenvalue weighted by atomic mass is 9.83. The Balaban J connectivity index is 2.04. The van der Waals surface area contributed by atoms with E-state index in [9.17, 15) is 4.79 Å². The van der Waals surface area contributed by atoms with Crippen LogP contribution in [0.25, 0.3) is 6.08 Å². The molecule has 2 unspecified atom stereocenters. The van der Waals surface area contributed by atoms with Gasteiger partial charge >= 0.3 is 0 Å². The molecule has 0 aliphatic heterocycles. The van der Waals surface area contributed by atoms with Gasteiger partial charge in [0, 0.05) is 23.5 Å². The summed E-state index contributed by atoms with van der Waals surface area (Å²) >= 11 is 1.65. The number of amides is 1. The SMILES string of the molecule is CCN(C(=O)C=Cc1cccs1)C1CCCCC1CN. The molecule has 1 heterocycles. The molecule has 2 N–H and O–H groups in total.